The summed E-state index contributed by atoms with van der Waals surface area (Å²) in [4.78, 5) is 0. The van der Waals surface area contributed by atoms with E-state index >= 15 is 0 Å². The maximum Gasteiger partial charge on any atom is 0.0847 e. The van der Waals surface area contributed by atoms with Gasteiger partial charge < -0.3 is 5.32 Å². The molecule has 20 heavy (non-hydrogen) atoms. The van der Waals surface area contributed by atoms with Crippen molar-refractivity contribution < 1.29 is 0 Å². The van der Waals surface area contributed by atoms with Crippen molar-refractivity contribution in [3.05, 3.63) is 16.4 Å². The molecule has 0 atom stereocenters. The van der Waals surface area contributed by atoms with E-state index in [1.807, 2.05) is 6.92 Å². The summed E-state index contributed by atoms with van der Waals surface area (Å²) in [6.07, 6.45) is 6.06. The Morgan fingerprint density at radius 2 is 1.95 bits per heavy atom. The van der Waals surface area contributed by atoms with Crippen molar-refractivity contribution in [2.24, 2.45) is 5.41 Å². The Hall–Kier alpha value is -0.540. The van der Waals surface area contributed by atoms with Gasteiger partial charge in [-0.15, -0.1) is 0 Å². The van der Waals surface area contributed by atoms with Crippen LogP contribution in [0.3, 0.4) is 0 Å². The van der Waals surface area contributed by atoms with E-state index in [0.717, 1.165) is 36.3 Å². The predicted octanol–water partition coefficient (Wildman–Crippen LogP) is 3.97. The lowest BCUT2D eigenvalue weighted by Gasteiger charge is -2.32. The van der Waals surface area contributed by atoms with E-state index < -0.39 is 0 Å². The standard InChI is InChI=1S/C16H28ClN3/c1-5-16(6-2,11-18-13-8-9-13)10-14-15(17)12(4)19-20(14)7-3/h13,18H,5-11H2,1-4H3. The van der Waals surface area contributed by atoms with Crippen molar-refractivity contribution >= 4 is 11.6 Å². The van der Waals surface area contributed by atoms with Gasteiger partial charge in [-0.2, -0.15) is 5.10 Å². The molecule has 0 aromatic carbocycles. The molecular weight excluding hydrogens is 270 g/mol. The molecule has 1 aliphatic carbocycles. The van der Waals surface area contributed by atoms with E-state index in [1.165, 1.54) is 31.4 Å². The number of halogens is 1. The van der Waals surface area contributed by atoms with Crippen LogP contribution in [0, 0.1) is 12.3 Å². The molecule has 1 N–H and O–H groups in total. The molecule has 1 aliphatic rings. The molecule has 1 aromatic rings. The van der Waals surface area contributed by atoms with Gasteiger partial charge in [0.05, 0.1) is 16.4 Å². The van der Waals surface area contributed by atoms with E-state index in [1.54, 1.807) is 0 Å². The molecule has 1 saturated carbocycles. The third-order valence-corrected chi connectivity index (χ3v) is 5.33. The van der Waals surface area contributed by atoms with Crippen molar-refractivity contribution in [2.75, 3.05) is 6.54 Å². The summed E-state index contributed by atoms with van der Waals surface area (Å²) in [6, 6.07) is 0.765. The Morgan fingerprint density at radius 1 is 1.30 bits per heavy atom. The van der Waals surface area contributed by atoms with Crippen molar-refractivity contribution in [3.8, 4) is 0 Å². The van der Waals surface area contributed by atoms with Crippen LogP contribution < -0.4 is 5.32 Å². The normalized spacial score (nSPS) is 15.8. The second-order valence-electron chi connectivity index (χ2n) is 6.20. The summed E-state index contributed by atoms with van der Waals surface area (Å²) in [7, 11) is 0. The van der Waals surface area contributed by atoms with Crippen molar-refractivity contribution in [2.45, 2.75) is 72.4 Å². The number of hydrogen-bond acceptors (Lipinski definition) is 2. The fourth-order valence-electron chi connectivity index (χ4n) is 2.85. The maximum absolute atomic E-state index is 6.48. The topological polar surface area (TPSA) is 29.9 Å². The van der Waals surface area contributed by atoms with Gasteiger partial charge in [0.2, 0.25) is 0 Å². The first-order valence-electron chi connectivity index (χ1n) is 8.00. The highest BCUT2D eigenvalue weighted by Gasteiger charge is 2.32. The van der Waals surface area contributed by atoms with E-state index in [-0.39, 0.29) is 0 Å². The van der Waals surface area contributed by atoms with Crippen molar-refractivity contribution in [1.29, 1.82) is 0 Å². The molecule has 0 spiro atoms. The summed E-state index contributed by atoms with van der Waals surface area (Å²) < 4.78 is 2.08. The van der Waals surface area contributed by atoms with E-state index in [2.05, 4.69) is 35.9 Å². The SMILES string of the molecule is CCn1nc(C)c(Cl)c1CC(CC)(CC)CNC1CC1. The van der Waals surface area contributed by atoms with Gasteiger partial charge in [-0.1, -0.05) is 25.4 Å². The zero-order valence-electron chi connectivity index (χ0n) is 13.3. The minimum atomic E-state index is 0.297. The number of rotatable bonds is 8. The number of nitrogens with zero attached hydrogens (tertiary/aromatic N) is 2. The first-order chi connectivity index (χ1) is 9.55. The second kappa shape index (κ2) is 6.48. The van der Waals surface area contributed by atoms with Gasteiger partial charge in [-0.25, -0.2) is 0 Å². The molecule has 1 aromatic heterocycles. The highest BCUT2D eigenvalue weighted by Crippen LogP contribution is 2.35. The van der Waals surface area contributed by atoms with Crippen LogP contribution in [0.4, 0.5) is 0 Å². The Kier molecular flexibility index (Phi) is 5.14. The lowest BCUT2D eigenvalue weighted by Crippen LogP contribution is -2.37. The molecule has 0 amide bonds. The summed E-state index contributed by atoms with van der Waals surface area (Å²) in [6.45, 7) is 10.7. The van der Waals surface area contributed by atoms with Crippen LogP contribution in [0.25, 0.3) is 0 Å². The molecule has 0 bridgehead atoms. The van der Waals surface area contributed by atoms with E-state index in [9.17, 15) is 0 Å². The highest BCUT2D eigenvalue weighted by molar-refractivity contribution is 6.31. The third kappa shape index (κ3) is 3.37. The van der Waals surface area contributed by atoms with E-state index in [4.69, 9.17) is 11.6 Å². The van der Waals surface area contributed by atoms with Gasteiger partial charge in [0.25, 0.3) is 0 Å². The zero-order chi connectivity index (χ0) is 14.8. The summed E-state index contributed by atoms with van der Waals surface area (Å²) in [5.74, 6) is 0. The van der Waals surface area contributed by atoms with Gasteiger partial charge in [-0.05, 0) is 51.4 Å². The van der Waals surface area contributed by atoms with Crippen LogP contribution >= 0.6 is 11.6 Å². The van der Waals surface area contributed by atoms with Gasteiger partial charge in [0.1, 0.15) is 0 Å². The number of nitrogens with one attached hydrogen (secondary N) is 1. The number of aryl methyl sites for hydroxylation is 2. The molecule has 0 unspecified atom stereocenters. The lowest BCUT2D eigenvalue weighted by molar-refractivity contribution is 0.239. The molecule has 3 nitrogen and oxygen atoms in total. The van der Waals surface area contributed by atoms with Crippen molar-refractivity contribution in [3.63, 3.8) is 0 Å². The Bertz CT molecular complexity index is 445. The average molecular weight is 298 g/mol. The first-order valence-corrected chi connectivity index (χ1v) is 8.38. The fraction of sp³-hybridized carbons (Fsp3) is 0.812. The lowest BCUT2D eigenvalue weighted by atomic mass is 9.78. The average Bonchev–Trinajstić information content (AvgIpc) is 3.25. The van der Waals surface area contributed by atoms with Gasteiger partial charge in [0.15, 0.2) is 0 Å². The molecule has 0 aliphatic heterocycles. The third-order valence-electron chi connectivity index (χ3n) is 4.84. The molecular formula is C16H28ClN3. The Balaban J connectivity index is 2.17. The summed E-state index contributed by atoms with van der Waals surface area (Å²) in [5, 5.41) is 9.13. The van der Waals surface area contributed by atoms with Crippen molar-refractivity contribution in [1.82, 2.24) is 15.1 Å². The zero-order valence-corrected chi connectivity index (χ0v) is 14.1. The van der Waals surface area contributed by atoms with Crippen LogP contribution in [-0.2, 0) is 13.0 Å². The largest absolute Gasteiger partial charge is 0.313 e. The van der Waals surface area contributed by atoms with Gasteiger partial charge in [0, 0.05) is 19.1 Å². The summed E-state index contributed by atoms with van der Waals surface area (Å²) >= 11 is 6.48. The quantitative estimate of drug-likeness (QED) is 0.787. The number of hydrogen-bond donors (Lipinski definition) is 1. The highest BCUT2D eigenvalue weighted by atomic mass is 35.5. The molecule has 1 fully saturated rings. The molecule has 2 rings (SSSR count). The van der Waals surface area contributed by atoms with Crippen LogP contribution in [-0.4, -0.2) is 22.4 Å². The molecule has 0 radical (unpaired) electrons. The molecule has 1 heterocycles. The minimum Gasteiger partial charge on any atom is -0.313 e. The Morgan fingerprint density at radius 3 is 2.45 bits per heavy atom. The smallest absolute Gasteiger partial charge is 0.0847 e. The van der Waals surface area contributed by atoms with Crippen LogP contribution in [0.1, 0.15) is 57.8 Å². The fourth-order valence-corrected chi connectivity index (χ4v) is 3.06. The minimum absolute atomic E-state index is 0.297. The molecule has 4 heteroatoms. The summed E-state index contributed by atoms with van der Waals surface area (Å²) in [5.41, 5.74) is 2.47. The van der Waals surface area contributed by atoms with E-state index in [0.29, 0.717) is 5.41 Å². The van der Waals surface area contributed by atoms with Crippen LogP contribution in [0.2, 0.25) is 5.02 Å². The monoisotopic (exact) mass is 297 g/mol. The van der Waals surface area contributed by atoms with Gasteiger partial charge >= 0.3 is 0 Å². The van der Waals surface area contributed by atoms with Gasteiger partial charge in [-0.3, -0.25) is 4.68 Å². The van der Waals surface area contributed by atoms with Crippen LogP contribution in [0.15, 0.2) is 0 Å². The molecule has 0 saturated heterocycles. The first kappa shape index (κ1) is 15.8. The molecule has 114 valence electrons. The second-order valence-corrected chi connectivity index (χ2v) is 6.58. The predicted molar refractivity (Wildman–Crippen MR) is 85.4 cm³/mol. The maximum atomic E-state index is 6.48. The van der Waals surface area contributed by atoms with Crippen LogP contribution in [0.5, 0.6) is 0 Å². The Labute approximate surface area is 128 Å². The number of aromatic nitrogens is 2.